The first-order valence-corrected chi connectivity index (χ1v) is 12.0. The molecule has 0 aliphatic carbocycles. The number of hydrogen-bond donors (Lipinski definition) is 3. The predicted octanol–water partition coefficient (Wildman–Crippen LogP) is 4.84. The number of nitrogens with zero attached hydrogens (tertiary/aromatic N) is 3. The molecule has 4 aromatic rings. The van der Waals surface area contributed by atoms with Crippen LogP contribution < -0.4 is 10.2 Å². The molecule has 2 bridgehead atoms. The van der Waals surface area contributed by atoms with Crippen LogP contribution in [-0.2, 0) is 0 Å². The largest absolute Gasteiger partial charge is 0.507 e. The van der Waals surface area contributed by atoms with Gasteiger partial charge in [0.25, 0.3) is 0 Å². The Kier molecular flexibility index (Phi) is 4.33. The second-order valence-electron chi connectivity index (χ2n) is 8.37. The van der Waals surface area contributed by atoms with E-state index in [4.69, 9.17) is 4.98 Å². The maximum absolute atomic E-state index is 10.6. The molecule has 0 radical (unpaired) electrons. The molecule has 2 fully saturated rings. The van der Waals surface area contributed by atoms with Crippen molar-refractivity contribution in [1.82, 2.24) is 20.5 Å². The number of nitrogens with one attached hydrogen (secondary N) is 2. The van der Waals surface area contributed by atoms with Gasteiger partial charge < -0.3 is 15.3 Å². The van der Waals surface area contributed by atoms with E-state index in [2.05, 4.69) is 33.5 Å². The quantitative estimate of drug-likeness (QED) is 0.426. The molecule has 2 saturated heterocycles. The van der Waals surface area contributed by atoms with Crippen LogP contribution in [0.5, 0.6) is 5.75 Å². The maximum atomic E-state index is 10.6. The lowest BCUT2D eigenvalue weighted by Gasteiger charge is -2.36. The van der Waals surface area contributed by atoms with Crippen LogP contribution in [0.2, 0.25) is 0 Å². The van der Waals surface area contributed by atoms with Crippen LogP contribution in [0.25, 0.3) is 31.2 Å². The van der Waals surface area contributed by atoms with Crippen molar-refractivity contribution >= 4 is 37.2 Å². The molecule has 3 atom stereocenters. The number of phenols is 1. The Morgan fingerprint density at radius 3 is 2.63 bits per heavy atom. The highest BCUT2D eigenvalue weighted by Gasteiger charge is 2.35. The summed E-state index contributed by atoms with van der Waals surface area (Å²) >= 11 is 3.40. The summed E-state index contributed by atoms with van der Waals surface area (Å²) in [5.74, 6) is 0.248. The average molecular weight is 438 g/mol. The smallest absolute Gasteiger partial charge is 0.137 e. The van der Waals surface area contributed by atoms with Crippen LogP contribution >= 0.6 is 22.7 Å². The topological polar surface area (TPSA) is 77.1 Å². The molecule has 154 valence electrons. The van der Waals surface area contributed by atoms with Crippen LogP contribution in [0.1, 0.15) is 25.7 Å². The number of hydrogen-bond acceptors (Lipinski definition) is 7. The molecule has 6 rings (SSSR count). The van der Waals surface area contributed by atoms with Gasteiger partial charge >= 0.3 is 0 Å². The molecule has 8 heteroatoms. The first-order valence-electron chi connectivity index (χ1n) is 10.4. The van der Waals surface area contributed by atoms with E-state index in [1.807, 2.05) is 18.3 Å². The Bertz CT molecular complexity index is 1150. The average Bonchev–Trinajstić information content (AvgIpc) is 3.51. The summed E-state index contributed by atoms with van der Waals surface area (Å²) < 4.78 is 1.19. The third-order valence-corrected chi connectivity index (χ3v) is 8.76. The van der Waals surface area contributed by atoms with Crippen molar-refractivity contribution in [3.8, 4) is 27.4 Å². The highest BCUT2D eigenvalue weighted by atomic mass is 32.1. The van der Waals surface area contributed by atoms with Gasteiger partial charge in [0.15, 0.2) is 0 Å². The molecule has 3 N–H and O–H groups in total. The standard InChI is InChI=1S/C22H23N5OS2/c1-27(16-7-14-3-4-15(8-16)25-14)20-9-19-22(30-20)26-21(29-19)17-5-2-12(6-18(17)28)13-10-23-24-11-13/h2,5-6,9-11,14-16,25,28H,3-4,7-8H2,1H3,(H,23,24)/t14-,15+,16-. The summed E-state index contributed by atoms with van der Waals surface area (Å²) in [5.41, 5.74) is 2.67. The summed E-state index contributed by atoms with van der Waals surface area (Å²) in [6, 6.07) is 9.97. The first-order chi connectivity index (χ1) is 14.6. The number of H-pyrrole nitrogens is 1. The summed E-state index contributed by atoms with van der Waals surface area (Å²) in [4.78, 5) is 8.35. The number of aromatic hydroxyl groups is 1. The summed E-state index contributed by atoms with van der Waals surface area (Å²) in [6.07, 6.45) is 8.67. The van der Waals surface area contributed by atoms with Crippen molar-refractivity contribution in [2.75, 3.05) is 11.9 Å². The molecule has 0 spiro atoms. The SMILES string of the molecule is CN(c1cc2sc(-c3ccc(-c4cn[nH]c4)cc3O)nc2s1)[C@@H]1C[C@H]2CC[C@@H](C1)N2. The molecule has 6 nitrogen and oxygen atoms in total. The van der Waals surface area contributed by atoms with E-state index in [1.165, 1.54) is 35.4 Å². The lowest BCUT2D eigenvalue weighted by Crippen LogP contribution is -2.46. The van der Waals surface area contributed by atoms with E-state index < -0.39 is 0 Å². The van der Waals surface area contributed by atoms with Gasteiger partial charge in [-0.25, -0.2) is 4.98 Å². The van der Waals surface area contributed by atoms with Gasteiger partial charge in [-0.05, 0) is 49.4 Å². The zero-order valence-corrected chi connectivity index (χ0v) is 18.3. The molecule has 30 heavy (non-hydrogen) atoms. The van der Waals surface area contributed by atoms with E-state index in [-0.39, 0.29) is 5.75 Å². The number of thiophene rings is 1. The van der Waals surface area contributed by atoms with Gasteiger partial charge in [-0.3, -0.25) is 5.10 Å². The number of anilines is 1. The number of aromatic nitrogens is 3. The third kappa shape index (κ3) is 3.10. The molecule has 5 heterocycles. The lowest BCUT2D eigenvalue weighted by atomic mass is 9.99. The van der Waals surface area contributed by atoms with Crippen molar-refractivity contribution in [3.05, 3.63) is 36.7 Å². The highest BCUT2D eigenvalue weighted by molar-refractivity contribution is 7.30. The van der Waals surface area contributed by atoms with E-state index in [1.54, 1.807) is 34.9 Å². The minimum absolute atomic E-state index is 0.248. The van der Waals surface area contributed by atoms with Crippen molar-refractivity contribution in [3.63, 3.8) is 0 Å². The van der Waals surface area contributed by atoms with Crippen LogP contribution in [0.15, 0.2) is 36.7 Å². The van der Waals surface area contributed by atoms with Gasteiger partial charge in [0.2, 0.25) is 0 Å². The normalized spacial score (nSPS) is 23.3. The fourth-order valence-electron chi connectivity index (χ4n) is 4.84. The summed E-state index contributed by atoms with van der Waals surface area (Å²) in [5, 5.41) is 23.3. The Hall–Kier alpha value is -2.42. The van der Waals surface area contributed by atoms with Crippen LogP contribution in [0.4, 0.5) is 5.00 Å². The van der Waals surface area contributed by atoms with E-state index >= 15 is 0 Å². The van der Waals surface area contributed by atoms with Crippen LogP contribution in [0, 0.1) is 0 Å². The van der Waals surface area contributed by atoms with Gasteiger partial charge in [-0.2, -0.15) is 5.10 Å². The zero-order valence-electron chi connectivity index (χ0n) is 16.6. The molecule has 0 unspecified atom stereocenters. The Morgan fingerprint density at radius 1 is 1.10 bits per heavy atom. The lowest BCUT2D eigenvalue weighted by molar-refractivity contribution is 0.355. The summed E-state index contributed by atoms with van der Waals surface area (Å²) in [6.45, 7) is 0. The number of piperidine rings is 1. The van der Waals surface area contributed by atoms with Gasteiger partial charge in [0.05, 0.1) is 21.5 Å². The fourth-order valence-corrected chi connectivity index (χ4v) is 7.11. The minimum Gasteiger partial charge on any atom is -0.507 e. The number of rotatable bonds is 4. The zero-order chi connectivity index (χ0) is 20.2. The van der Waals surface area contributed by atoms with Gasteiger partial charge in [-0.1, -0.05) is 17.4 Å². The highest BCUT2D eigenvalue weighted by Crippen LogP contribution is 2.43. The maximum Gasteiger partial charge on any atom is 0.137 e. The first kappa shape index (κ1) is 18.4. The van der Waals surface area contributed by atoms with Crippen molar-refractivity contribution in [2.45, 2.75) is 43.8 Å². The molecular weight excluding hydrogens is 414 g/mol. The van der Waals surface area contributed by atoms with Crippen molar-refractivity contribution < 1.29 is 5.11 Å². The number of thiazole rings is 1. The molecule has 0 amide bonds. The Labute approximate surface area is 182 Å². The number of fused-ring (bicyclic) bond motifs is 3. The monoisotopic (exact) mass is 437 g/mol. The molecule has 0 saturated carbocycles. The van der Waals surface area contributed by atoms with E-state index in [9.17, 15) is 5.11 Å². The fraction of sp³-hybridized carbons (Fsp3) is 0.364. The van der Waals surface area contributed by atoms with E-state index in [0.29, 0.717) is 18.1 Å². The van der Waals surface area contributed by atoms with Gasteiger partial charge in [-0.15, -0.1) is 11.3 Å². The van der Waals surface area contributed by atoms with Crippen LogP contribution in [-0.4, -0.2) is 45.5 Å². The van der Waals surface area contributed by atoms with E-state index in [0.717, 1.165) is 26.5 Å². The second kappa shape index (κ2) is 7.08. The molecular formula is C22H23N5OS2. The van der Waals surface area contributed by atoms with Crippen LogP contribution in [0.3, 0.4) is 0 Å². The Morgan fingerprint density at radius 2 is 1.93 bits per heavy atom. The summed E-state index contributed by atoms with van der Waals surface area (Å²) in [7, 11) is 2.23. The molecule has 3 aromatic heterocycles. The number of benzene rings is 1. The number of aromatic amines is 1. The molecule has 2 aliphatic heterocycles. The molecule has 2 aliphatic rings. The van der Waals surface area contributed by atoms with Crippen molar-refractivity contribution in [2.24, 2.45) is 0 Å². The predicted molar refractivity (Wildman–Crippen MR) is 124 cm³/mol. The van der Waals surface area contributed by atoms with Gasteiger partial charge in [0.1, 0.15) is 15.6 Å². The Balaban J connectivity index is 1.26. The van der Waals surface area contributed by atoms with Gasteiger partial charge in [0, 0.05) is 36.9 Å². The second-order valence-corrected chi connectivity index (χ2v) is 10.4. The van der Waals surface area contributed by atoms with Crippen molar-refractivity contribution in [1.29, 1.82) is 0 Å². The molecule has 1 aromatic carbocycles. The number of phenolic OH excluding ortho intramolecular Hbond substituents is 1. The third-order valence-electron chi connectivity index (χ3n) is 6.48. The minimum atomic E-state index is 0.248.